The molecule has 1 saturated heterocycles. The maximum absolute atomic E-state index is 5.48. The van der Waals surface area contributed by atoms with Gasteiger partial charge >= 0.3 is 0 Å². The summed E-state index contributed by atoms with van der Waals surface area (Å²) in [6.07, 6.45) is 12.6. The third-order valence-electron chi connectivity index (χ3n) is 6.16. The van der Waals surface area contributed by atoms with Crippen LogP contribution in [0.15, 0.2) is 0 Å². The Morgan fingerprint density at radius 2 is 1.70 bits per heavy atom. The van der Waals surface area contributed by atoms with Gasteiger partial charge in [-0.25, -0.2) is 0 Å². The molecule has 2 saturated carbocycles. The van der Waals surface area contributed by atoms with E-state index in [9.17, 15) is 0 Å². The first-order chi connectivity index (χ1) is 9.70. The molecule has 0 aromatic heterocycles. The lowest BCUT2D eigenvalue weighted by Crippen LogP contribution is -2.71. The summed E-state index contributed by atoms with van der Waals surface area (Å²) < 4.78 is 5.48. The molecule has 116 valence electrons. The number of methoxy groups -OCH3 is 1. The molecular formula is C17H32N2O. The van der Waals surface area contributed by atoms with Gasteiger partial charge in [-0.2, -0.15) is 0 Å². The fraction of sp³-hybridized carbons (Fsp3) is 1.00. The molecule has 0 radical (unpaired) electrons. The topological polar surface area (TPSA) is 24.5 Å². The molecule has 20 heavy (non-hydrogen) atoms. The zero-order valence-corrected chi connectivity index (χ0v) is 13.4. The third-order valence-corrected chi connectivity index (χ3v) is 6.16. The van der Waals surface area contributed by atoms with Crippen molar-refractivity contribution in [1.29, 1.82) is 0 Å². The first kappa shape index (κ1) is 14.8. The van der Waals surface area contributed by atoms with E-state index in [4.69, 9.17) is 4.74 Å². The molecular weight excluding hydrogens is 248 g/mol. The van der Waals surface area contributed by atoms with Crippen LogP contribution in [0, 0.1) is 0 Å². The third kappa shape index (κ3) is 2.65. The molecule has 3 fully saturated rings. The molecule has 1 unspecified atom stereocenters. The summed E-state index contributed by atoms with van der Waals surface area (Å²) in [6, 6.07) is 0.553. The first-order valence-electron chi connectivity index (χ1n) is 8.71. The van der Waals surface area contributed by atoms with Crippen molar-refractivity contribution >= 4 is 0 Å². The number of hydrogen-bond acceptors (Lipinski definition) is 3. The van der Waals surface area contributed by atoms with Crippen LogP contribution in [-0.4, -0.2) is 48.8 Å². The van der Waals surface area contributed by atoms with Crippen molar-refractivity contribution in [3.63, 3.8) is 0 Å². The summed E-state index contributed by atoms with van der Waals surface area (Å²) in [5.41, 5.74) is 0.842. The van der Waals surface area contributed by atoms with Crippen LogP contribution in [0.5, 0.6) is 0 Å². The van der Waals surface area contributed by atoms with Crippen molar-refractivity contribution < 1.29 is 4.74 Å². The SMILES string of the molecule is COCC(C)N1CC2(CCCC2)NCC12CCCCC2. The Morgan fingerprint density at radius 1 is 1.05 bits per heavy atom. The molecule has 0 aromatic rings. The Labute approximate surface area is 124 Å². The van der Waals surface area contributed by atoms with Crippen LogP contribution in [0.1, 0.15) is 64.7 Å². The van der Waals surface area contributed by atoms with Gasteiger partial charge in [-0.15, -0.1) is 0 Å². The van der Waals surface area contributed by atoms with E-state index in [2.05, 4.69) is 17.1 Å². The van der Waals surface area contributed by atoms with Gasteiger partial charge < -0.3 is 10.1 Å². The lowest BCUT2D eigenvalue weighted by Gasteiger charge is -2.57. The van der Waals surface area contributed by atoms with E-state index in [0.29, 0.717) is 17.1 Å². The second kappa shape index (κ2) is 5.94. The van der Waals surface area contributed by atoms with E-state index in [1.807, 2.05) is 7.11 Å². The second-order valence-electron chi connectivity index (χ2n) is 7.56. The largest absolute Gasteiger partial charge is 0.383 e. The van der Waals surface area contributed by atoms with Gasteiger partial charge in [-0.3, -0.25) is 4.90 Å². The number of nitrogens with one attached hydrogen (secondary N) is 1. The van der Waals surface area contributed by atoms with Crippen molar-refractivity contribution in [3.05, 3.63) is 0 Å². The average Bonchev–Trinajstić information content (AvgIpc) is 2.92. The van der Waals surface area contributed by atoms with Crippen LogP contribution in [-0.2, 0) is 4.74 Å². The predicted octanol–water partition coefficient (Wildman–Crippen LogP) is 2.94. The van der Waals surface area contributed by atoms with Crippen LogP contribution in [0.4, 0.5) is 0 Å². The Balaban J connectivity index is 1.79. The number of ether oxygens (including phenoxy) is 1. The zero-order valence-electron chi connectivity index (χ0n) is 13.4. The minimum atomic E-state index is 0.421. The lowest BCUT2D eigenvalue weighted by atomic mass is 9.75. The summed E-state index contributed by atoms with van der Waals surface area (Å²) in [5.74, 6) is 0. The van der Waals surface area contributed by atoms with Crippen molar-refractivity contribution in [1.82, 2.24) is 10.2 Å². The molecule has 0 amide bonds. The number of nitrogens with zero attached hydrogens (tertiary/aromatic N) is 1. The Bertz CT molecular complexity index is 319. The Kier molecular flexibility index (Phi) is 4.40. The fourth-order valence-corrected chi connectivity index (χ4v) is 5.02. The maximum Gasteiger partial charge on any atom is 0.0615 e. The molecule has 3 aliphatic rings. The zero-order chi connectivity index (χ0) is 14.1. The van der Waals surface area contributed by atoms with Gasteiger partial charge in [0.15, 0.2) is 0 Å². The summed E-state index contributed by atoms with van der Waals surface area (Å²) in [5, 5.41) is 4.00. The molecule has 3 heteroatoms. The predicted molar refractivity (Wildman–Crippen MR) is 83.1 cm³/mol. The van der Waals surface area contributed by atoms with Gasteiger partial charge in [0.2, 0.25) is 0 Å². The highest BCUT2D eigenvalue weighted by Gasteiger charge is 2.49. The average molecular weight is 280 g/mol. The minimum absolute atomic E-state index is 0.421. The van der Waals surface area contributed by atoms with Crippen LogP contribution in [0.3, 0.4) is 0 Å². The van der Waals surface area contributed by atoms with Gasteiger partial charge in [0.25, 0.3) is 0 Å². The number of hydrogen-bond donors (Lipinski definition) is 1. The van der Waals surface area contributed by atoms with E-state index in [1.54, 1.807) is 0 Å². The Morgan fingerprint density at radius 3 is 2.35 bits per heavy atom. The van der Waals surface area contributed by atoms with E-state index in [0.717, 1.165) is 6.61 Å². The van der Waals surface area contributed by atoms with Gasteiger partial charge in [-0.05, 0) is 32.6 Å². The summed E-state index contributed by atoms with van der Waals surface area (Å²) in [4.78, 5) is 2.84. The molecule has 2 spiro atoms. The highest BCUT2D eigenvalue weighted by atomic mass is 16.5. The van der Waals surface area contributed by atoms with Crippen LogP contribution in [0.25, 0.3) is 0 Å². The molecule has 1 aliphatic heterocycles. The van der Waals surface area contributed by atoms with Crippen molar-refractivity contribution in [2.75, 3.05) is 26.8 Å². The van der Waals surface area contributed by atoms with E-state index in [1.165, 1.54) is 70.9 Å². The first-order valence-corrected chi connectivity index (χ1v) is 8.71. The van der Waals surface area contributed by atoms with Crippen LogP contribution >= 0.6 is 0 Å². The summed E-state index contributed by atoms with van der Waals surface area (Å²) in [6.45, 7) is 5.70. The molecule has 0 aromatic carbocycles. The van der Waals surface area contributed by atoms with Crippen LogP contribution in [0.2, 0.25) is 0 Å². The van der Waals surface area contributed by atoms with E-state index < -0.39 is 0 Å². The van der Waals surface area contributed by atoms with Crippen molar-refractivity contribution in [3.8, 4) is 0 Å². The second-order valence-corrected chi connectivity index (χ2v) is 7.56. The molecule has 1 atom stereocenters. The van der Waals surface area contributed by atoms with Crippen molar-refractivity contribution in [2.24, 2.45) is 0 Å². The van der Waals surface area contributed by atoms with Gasteiger partial charge in [-0.1, -0.05) is 32.1 Å². The highest BCUT2D eigenvalue weighted by molar-refractivity contribution is 5.08. The van der Waals surface area contributed by atoms with Crippen LogP contribution < -0.4 is 5.32 Å². The van der Waals surface area contributed by atoms with E-state index >= 15 is 0 Å². The highest BCUT2D eigenvalue weighted by Crippen LogP contribution is 2.42. The summed E-state index contributed by atoms with van der Waals surface area (Å²) >= 11 is 0. The molecule has 3 rings (SSSR count). The molecule has 3 nitrogen and oxygen atoms in total. The fourth-order valence-electron chi connectivity index (χ4n) is 5.02. The molecule has 2 aliphatic carbocycles. The van der Waals surface area contributed by atoms with Gasteiger partial charge in [0.1, 0.15) is 0 Å². The molecule has 0 bridgehead atoms. The summed E-state index contributed by atoms with van der Waals surface area (Å²) in [7, 11) is 1.84. The molecule has 1 N–H and O–H groups in total. The number of rotatable bonds is 3. The van der Waals surface area contributed by atoms with Gasteiger partial charge in [0, 0.05) is 37.3 Å². The van der Waals surface area contributed by atoms with Gasteiger partial charge in [0.05, 0.1) is 6.61 Å². The van der Waals surface area contributed by atoms with E-state index in [-0.39, 0.29) is 0 Å². The Hall–Kier alpha value is -0.120. The lowest BCUT2D eigenvalue weighted by molar-refractivity contribution is -0.0588. The number of piperazine rings is 1. The molecule has 1 heterocycles. The standard InChI is InChI=1S/C17H32N2O/c1-15(12-20-2)19-14-16(8-6-7-9-16)18-13-17(19)10-4-3-5-11-17/h15,18H,3-14H2,1-2H3. The normalized spacial score (nSPS) is 30.9. The quantitative estimate of drug-likeness (QED) is 0.860. The minimum Gasteiger partial charge on any atom is -0.383 e. The monoisotopic (exact) mass is 280 g/mol. The smallest absolute Gasteiger partial charge is 0.0615 e. The maximum atomic E-state index is 5.48. The van der Waals surface area contributed by atoms with Crippen molar-refractivity contribution in [2.45, 2.75) is 81.8 Å².